The first-order chi connectivity index (χ1) is 9.38. The number of rotatable bonds is 1. The Balaban J connectivity index is 1.81. The van der Waals surface area contributed by atoms with Gasteiger partial charge in [-0.2, -0.15) is 0 Å². The smallest absolute Gasteiger partial charge is 0.303 e. The molecule has 0 radical (unpaired) electrons. The van der Waals surface area contributed by atoms with Gasteiger partial charge in [-0.15, -0.1) is 0 Å². The second-order valence-electron chi connectivity index (χ2n) is 6.91. The van der Waals surface area contributed by atoms with E-state index in [0.717, 1.165) is 12.8 Å². The van der Waals surface area contributed by atoms with Crippen molar-refractivity contribution >= 4 is 5.97 Å². The minimum Gasteiger partial charge on any atom is -0.458 e. The third-order valence-corrected chi connectivity index (χ3v) is 6.11. The average molecular weight is 280 g/mol. The van der Waals surface area contributed by atoms with Crippen LogP contribution >= 0.6 is 0 Å². The number of hydrogen-bond acceptors (Lipinski definition) is 5. The van der Waals surface area contributed by atoms with E-state index in [0.29, 0.717) is 0 Å². The molecule has 0 aromatic heterocycles. The van der Waals surface area contributed by atoms with Gasteiger partial charge in [-0.1, -0.05) is 13.0 Å². The molecule has 4 bridgehead atoms. The topological polar surface area (TPSA) is 76.0 Å². The summed E-state index contributed by atoms with van der Waals surface area (Å²) < 4.78 is 11.3. The summed E-state index contributed by atoms with van der Waals surface area (Å²) in [4.78, 5) is 11.3. The number of esters is 1. The normalized spacial score (nSPS) is 58.8. The zero-order valence-corrected chi connectivity index (χ0v) is 11.7. The summed E-state index contributed by atoms with van der Waals surface area (Å²) in [6.07, 6.45) is 3.99. The van der Waals surface area contributed by atoms with E-state index < -0.39 is 17.3 Å². The van der Waals surface area contributed by atoms with Gasteiger partial charge in [0.2, 0.25) is 0 Å². The molecule has 1 heterocycles. The van der Waals surface area contributed by atoms with Crippen molar-refractivity contribution in [1.82, 2.24) is 0 Å². The molecule has 1 aliphatic heterocycles. The molecule has 0 unspecified atom stereocenters. The molecular formula is C15H20O5. The van der Waals surface area contributed by atoms with Gasteiger partial charge in [0.15, 0.2) is 5.79 Å². The second-order valence-corrected chi connectivity index (χ2v) is 6.91. The molecule has 4 fully saturated rings. The monoisotopic (exact) mass is 280 g/mol. The van der Waals surface area contributed by atoms with E-state index >= 15 is 0 Å². The number of hydrogen-bond donors (Lipinski definition) is 2. The second kappa shape index (κ2) is 3.64. The molecular weight excluding hydrogens is 260 g/mol. The minimum absolute atomic E-state index is 0.0328. The maximum absolute atomic E-state index is 11.3. The number of aliphatic hydroxyl groups is 2. The number of aliphatic hydroxyl groups excluding tert-OH is 1. The molecule has 5 rings (SSSR count). The van der Waals surface area contributed by atoms with E-state index in [9.17, 15) is 15.0 Å². The van der Waals surface area contributed by atoms with Crippen molar-refractivity contribution in [3.05, 3.63) is 12.2 Å². The van der Waals surface area contributed by atoms with Gasteiger partial charge in [-0.25, -0.2) is 0 Å². The van der Waals surface area contributed by atoms with Crippen molar-refractivity contribution in [3.8, 4) is 0 Å². The van der Waals surface area contributed by atoms with Crippen LogP contribution in [0.15, 0.2) is 12.2 Å². The van der Waals surface area contributed by atoms with Gasteiger partial charge in [0, 0.05) is 24.2 Å². The first kappa shape index (κ1) is 12.8. The van der Waals surface area contributed by atoms with E-state index in [2.05, 4.69) is 0 Å². The van der Waals surface area contributed by atoms with Crippen molar-refractivity contribution < 1.29 is 24.5 Å². The predicted molar refractivity (Wildman–Crippen MR) is 68.3 cm³/mol. The highest BCUT2D eigenvalue weighted by Crippen LogP contribution is 2.69. The van der Waals surface area contributed by atoms with Crippen molar-refractivity contribution in [2.75, 3.05) is 0 Å². The standard InChI is InChI=1S/C15H20O5/c1-7(16)19-9-3-4-10-12-11(9)8-5-6-14(12,2)15(18,20-10)13(8)17/h3-4,8-13,17-18H,5-6H2,1-2H3/t8-,9+,10+,11+,12-,13-,14+,15+/m1/s1. The molecule has 3 saturated carbocycles. The molecule has 0 aromatic carbocycles. The lowest BCUT2D eigenvalue weighted by Gasteiger charge is -2.60. The Morgan fingerprint density at radius 3 is 2.90 bits per heavy atom. The van der Waals surface area contributed by atoms with Crippen LogP contribution in [-0.4, -0.2) is 40.3 Å². The van der Waals surface area contributed by atoms with E-state index in [-0.39, 0.29) is 35.9 Å². The van der Waals surface area contributed by atoms with Gasteiger partial charge in [-0.05, 0) is 24.8 Å². The summed E-state index contributed by atoms with van der Waals surface area (Å²) >= 11 is 0. The molecule has 0 aromatic rings. The Morgan fingerprint density at radius 1 is 1.45 bits per heavy atom. The fourth-order valence-corrected chi connectivity index (χ4v) is 5.26. The molecule has 2 N–H and O–H groups in total. The van der Waals surface area contributed by atoms with Crippen LogP contribution in [-0.2, 0) is 14.3 Å². The summed E-state index contributed by atoms with van der Waals surface area (Å²) in [5, 5.41) is 21.4. The Morgan fingerprint density at radius 2 is 2.20 bits per heavy atom. The molecule has 110 valence electrons. The summed E-state index contributed by atoms with van der Waals surface area (Å²) in [7, 11) is 0. The van der Waals surface area contributed by atoms with Crippen LogP contribution in [0, 0.1) is 23.2 Å². The average Bonchev–Trinajstić information content (AvgIpc) is 2.59. The zero-order chi connectivity index (χ0) is 14.3. The van der Waals surface area contributed by atoms with Crippen LogP contribution < -0.4 is 0 Å². The third-order valence-electron chi connectivity index (χ3n) is 6.11. The number of fused-ring (bicyclic) bond motifs is 1. The highest BCUT2D eigenvalue weighted by molar-refractivity contribution is 5.66. The molecule has 0 spiro atoms. The maximum atomic E-state index is 11.3. The summed E-state index contributed by atoms with van der Waals surface area (Å²) in [5.41, 5.74) is -0.473. The molecule has 5 nitrogen and oxygen atoms in total. The van der Waals surface area contributed by atoms with E-state index in [4.69, 9.17) is 9.47 Å². The quantitative estimate of drug-likeness (QED) is 0.543. The van der Waals surface area contributed by atoms with Crippen molar-refractivity contribution in [3.63, 3.8) is 0 Å². The lowest BCUT2D eigenvalue weighted by molar-refractivity contribution is -0.328. The third kappa shape index (κ3) is 1.23. The maximum Gasteiger partial charge on any atom is 0.303 e. The molecule has 8 atom stereocenters. The van der Waals surface area contributed by atoms with Crippen molar-refractivity contribution in [2.45, 2.75) is 50.8 Å². The van der Waals surface area contributed by atoms with Crippen LogP contribution in [0.2, 0.25) is 0 Å². The van der Waals surface area contributed by atoms with Crippen LogP contribution in [0.3, 0.4) is 0 Å². The van der Waals surface area contributed by atoms with Crippen LogP contribution in [0.1, 0.15) is 26.7 Å². The van der Waals surface area contributed by atoms with Crippen LogP contribution in [0.4, 0.5) is 0 Å². The van der Waals surface area contributed by atoms with Crippen molar-refractivity contribution in [2.24, 2.45) is 23.2 Å². The number of carbonyl (C=O) groups excluding carboxylic acids is 1. The Kier molecular flexibility index (Phi) is 2.33. The van der Waals surface area contributed by atoms with Gasteiger partial charge in [0.1, 0.15) is 12.2 Å². The van der Waals surface area contributed by atoms with Gasteiger partial charge in [0.05, 0.1) is 6.10 Å². The summed E-state index contributed by atoms with van der Waals surface area (Å²) in [6.45, 7) is 3.40. The summed E-state index contributed by atoms with van der Waals surface area (Å²) in [6, 6.07) is 0. The first-order valence-corrected chi connectivity index (χ1v) is 7.32. The minimum atomic E-state index is -1.46. The van der Waals surface area contributed by atoms with Gasteiger partial charge < -0.3 is 19.7 Å². The van der Waals surface area contributed by atoms with Gasteiger partial charge in [-0.3, -0.25) is 4.79 Å². The molecule has 0 amide bonds. The van der Waals surface area contributed by atoms with E-state index in [1.165, 1.54) is 6.92 Å². The number of carbonyl (C=O) groups is 1. The van der Waals surface area contributed by atoms with Gasteiger partial charge >= 0.3 is 5.97 Å². The lowest BCUT2D eigenvalue weighted by atomic mass is 9.46. The Bertz CT molecular complexity index is 502. The predicted octanol–water partition coefficient (Wildman–Crippen LogP) is 0.598. The largest absolute Gasteiger partial charge is 0.458 e. The molecule has 4 aliphatic carbocycles. The molecule has 1 saturated heterocycles. The van der Waals surface area contributed by atoms with E-state index in [1.54, 1.807) is 0 Å². The molecule has 5 aliphatic rings. The SMILES string of the molecule is CC(=O)O[C@H]1C=C[C@@H]2O[C@@]3(O)[C@H](O)[C@@H]4CC[C@@]3(C)[C@H]2[C@@H]41. The lowest BCUT2D eigenvalue weighted by Crippen LogP contribution is -2.68. The Hall–Kier alpha value is -0.910. The summed E-state index contributed by atoms with van der Waals surface area (Å²) in [5.74, 6) is -1.72. The van der Waals surface area contributed by atoms with E-state index in [1.807, 2.05) is 19.1 Å². The highest BCUT2D eigenvalue weighted by Gasteiger charge is 2.76. The Labute approximate surface area is 117 Å². The first-order valence-electron chi connectivity index (χ1n) is 7.32. The highest BCUT2D eigenvalue weighted by atomic mass is 16.7. The fourth-order valence-electron chi connectivity index (χ4n) is 5.26. The van der Waals surface area contributed by atoms with Crippen LogP contribution in [0.25, 0.3) is 0 Å². The van der Waals surface area contributed by atoms with Crippen molar-refractivity contribution in [1.29, 1.82) is 0 Å². The number of ether oxygens (including phenoxy) is 2. The molecule has 20 heavy (non-hydrogen) atoms. The fraction of sp³-hybridized carbons (Fsp3) is 0.800. The zero-order valence-electron chi connectivity index (χ0n) is 11.7. The molecule has 5 heteroatoms. The van der Waals surface area contributed by atoms with Gasteiger partial charge in [0.25, 0.3) is 0 Å². The van der Waals surface area contributed by atoms with Crippen LogP contribution in [0.5, 0.6) is 0 Å².